The number of benzene rings is 1. The lowest BCUT2D eigenvalue weighted by atomic mass is 10.1. The van der Waals surface area contributed by atoms with E-state index < -0.39 is 11.7 Å². The number of alkyl halides is 3. The molecule has 1 aromatic rings. The van der Waals surface area contributed by atoms with Crippen molar-refractivity contribution in [2.24, 2.45) is 4.99 Å². The lowest BCUT2D eigenvalue weighted by Gasteiger charge is -2.37. The summed E-state index contributed by atoms with van der Waals surface area (Å²) in [5.74, 6) is 0.581. The van der Waals surface area contributed by atoms with Crippen molar-refractivity contribution in [1.82, 2.24) is 15.5 Å². The second-order valence-corrected chi connectivity index (χ2v) is 7.03. The largest absolute Gasteiger partial charge is 0.416 e. The molecule has 1 amide bonds. The number of hydrogen-bond acceptors (Lipinski definition) is 3. The molecular formula is C19H26F3N5O. The number of guanidine groups is 1. The summed E-state index contributed by atoms with van der Waals surface area (Å²) in [6.07, 6.45) is -2.27. The van der Waals surface area contributed by atoms with Crippen LogP contribution >= 0.6 is 0 Å². The number of nitrogens with one attached hydrogen (secondary N) is 2. The smallest absolute Gasteiger partial charge is 0.368 e. The number of nitrogens with zero attached hydrogens (tertiary/aromatic N) is 3. The van der Waals surface area contributed by atoms with Crippen LogP contribution in [0.3, 0.4) is 0 Å². The molecule has 0 unspecified atom stereocenters. The van der Waals surface area contributed by atoms with Crippen LogP contribution in [0, 0.1) is 0 Å². The van der Waals surface area contributed by atoms with Gasteiger partial charge >= 0.3 is 6.18 Å². The van der Waals surface area contributed by atoms with Crippen molar-refractivity contribution in [2.75, 3.05) is 44.2 Å². The lowest BCUT2D eigenvalue weighted by molar-refractivity contribution is -0.137. The van der Waals surface area contributed by atoms with Gasteiger partial charge < -0.3 is 20.4 Å². The summed E-state index contributed by atoms with van der Waals surface area (Å²) < 4.78 is 38.8. The van der Waals surface area contributed by atoms with Crippen LogP contribution in [0.2, 0.25) is 0 Å². The predicted molar refractivity (Wildman–Crippen MR) is 102 cm³/mol. The van der Waals surface area contributed by atoms with Crippen LogP contribution in [0.4, 0.5) is 18.9 Å². The van der Waals surface area contributed by atoms with E-state index in [4.69, 9.17) is 0 Å². The molecule has 1 heterocycles. The molecule has 0 atom stereocenters. The molecule has 0 radical (unpaired) electrons. The normalized spacial score (nSPS) is 18.2. The topological polar surface area (TPSA) is 60.0 Å². The maximum atomic E-state index is 12.9. The van der Waals surface area contributed by atoms with Crippen LogP contribution in [-0.4, -0.2) is 62.1 Å². The van der Waals surface area contributed by atoms with E-state index in [-0.39, 0.29) is 12.5 Å². The Morgan fingerprint density at radius 2 is 1.93 bits per heavy atom. The Labute approximate surface area is 162 Å². The van der Waals surface area contributed by atoms with Gasteiger partial charge in [0.05, 0.1) is 5.56 Å². The van der Waals surface area contributed by atoms with E-state index in [9.17, 15) is 18.0 Å². The van der Waals surface area contributed by atoms with E-state index in [0.717, 1.165) is 18.9 Å². The first kappa shape index (κ1) is 20.3. The Hall–Kier alpha value is -2.45. The Kier molecular flexibility index (Phi) is 6.31. The van der Waals surface area contributed by atoms with Crippen molar-refractivity contribution >= 4 is 17.6 Å². The number of piperazine rings is 1. The van der Waals surface area contributed by atoms with Crippen molar-refractivity contribution in [3.05, 3.63) is 29.8 Å². The van der Waals surface area contributed by atoms with Gasteiger partial charge in [-0.25, -0.2) is 4.99 Å². The highest BCUT2D eigenvalue weighted by Gasteiger charge is 2.31. The zero-order valence-electron chi connectivity index (χ0n) is 15.9. The van der Waals surface area contributed by atoms with Gasteiger partial charge in [-0.15, -0.1) is 0 Å². The van der Waals surface area contributed by atoms with Gasteiger partial charge in [0.15, 0.2) is 5.96 Å². The highest BCUT2D eigenvalue weighted by atomic mass is 19.4. The fraction of sp³-hybridized carbons (Fsp3) is 0.579. The van der Waals surface area contributed by atoms with Gasteiger partial charge in [-0.1, -0.05) is 6.07 Å². The van der Waals surface area contributed by atoms with Crippen LogP contribution in [0.25, 0.3) is 0 Å². The summed E-state index contributed by atoms with van der Waals surface area (Å²) in [7, 11) is 0. The van der Waals surface area contributed by atoms with Gasteiger partial charge in [0.25, 0.3) is 0 Å². The van der Waals surface area contributed by atoms with Crippen molar-refractivity contribution in [2.45, 2.75) is 32.0 Å². The Bertz CT molecular complexity index is 710. The molecule has 3 rings (SSSR count). The van der Waals surface area contributed by atoms with Gasteiger partial charge in [-0.2, -0.15) is 13.2 Å². The van der Waals surface area contributed by atoms with Gasteiger partial charge in [0.2, 0.25) is 5.91 Å². The van der Waals surface area contributed by atoms with E-state index in [2.05, 4.69) is 15.6 Å². The van der Waals surface area contributed by atoms with E-state index in [1.165, 1.54) is 12.1 Å². The van der Waals surface area contributed by atoms with Gasteiger partial charge in [0.1, 0.15) is 6.54 Å². The van der Waals surface area contributed by atoms with Crippen LogP contribution in [-0.2, 0) is 11.0 Å². The first-order valence-electron chi connectivity index (χ1n) is 9.61. The standard InChI is InChI=1S/C19H26F3N5O/c1-2-23-18(24-13-17(28)25-15-6-7-15)27-10-8-26(9-11-27)16-5-3-4-14(12-16)19(20,21)22/h3-5,12,15H,2,6-11,13H2,1H3,(H,23,24)(H,25,28). The molecule has 6 nitrogen and oxygen atoms in total. The van der Waals surface area contributed by atoms with Crippen molar-refractivity contribution < 1.29 is 18.0 Å². The van der Waals surface area contributed by atoms with Gasteiger partial charge in [-0.3, -0.25) is 4.79 Å². The third-order valence-electron chi connectivity index (χ3n) is 4.77. The Balaban J connectivity index is 1.58. The molecule has 1 saturated carbocycles. The van der Waals surface area contributed by atoms with Gasteiger partial charge in [-0.05, 0) is 38.0 Å². The zero-order valence-corrected chi connectivity index (χ0v) is 15.9. The summed E-state index contributed by atoms with van der Waals surface area (Å²) in [6, 6.07) is 5.72. The molecule has 2 aliphatic rings. The van der Waals surface area contributed by atoms with E-state index >= 15 is 0 Å². The number of aliphatic imine (C=N–C) groups is 1. The number of halogens is 3. The monoisotopic (exact) mass is 397 g/mol. The highest BCUT2D eigenvalue weighted by molar-refractivity contribution is 5.85. The molecule has 0 aromatic heterocycles. The minimum atomic E-state index is -4.34. The third-order valence-corrected chi connectivity index (χ3v) is 4.77. The molecular weight excluding hydrogens is 371 g/mol. The first-order chi connectivity index (χ1) is 13.4. The molecule has 9 heteroatoms. The molecule has 1 aliphatic heterocycles. The first-order valence-corrected chi connectivity index (χ1v) is 9.61. The van der Waals surface area contributed by atoms with Crippen LogP contribution < -0.4 is 15.5 Å². The Morgan fingerprint density at radius 3 is 2.54 bits per heavy atom. The summed E-state index contributed by atoms with van der Waals surface area (Å²) in [5, 5.41) is 6.10. The summed E-state index contributed by atoms with van der Waals surface area (Å²) in [6.45, 7) is 5.11. The molecule has 2 fully saturated rings. The van der Waals surface area contributed by atoms with E-state index in [1.807, 2.05) is 16.7 Å². The summed E-state index contributed by atoms with van der Waals surface area (Å²) in [4.78, 5) is 20.3. The average Bonchev–Trinajstić information content (AvgIpc) is 3.49. The zero-order chi connectivity index (χ0) is 20.1. The number of carbonyl (C=O) groups excluding carboxylic acids is 1. The van der Waals surface area contributed by atoms with E-state index in [1.54, 1.807) is 6.07 Å². The summed E-state index contributed by atoms with van der Waals surface area (Å²) in [5.41, 5.74) is -0.0655. The minimum absolute atomic E-state index is 0.0761. The number of amides is 1. The second-order valence-electron chi connectivity index (χ2n) is 7.03. The number of carbonyl (C=O) groups is 1. The molecule has 0 spiro atoms. The number of anilines is 1. The molecule has 154 valence electrons. The van der Waals surface area contributed by atoms with E-state index in [0.29, 0.717) is 50.4 Å². The fourth-order valence-electron chi connectivity index (χ4n) is 3.13. The SMILES string of the molecule is CCNC(=NCC(=O)NC1CC1)N1CCN(c2cccc(C(F)(F)F)c2)CC1. The fourth-order valence-corrected chi connectivity index (χ4v) is 3.13. The molecule has 1 saturated heterocycles. The average molecular weight is 397 g/mol. The predicted octanol–water partition coefficient (Wildman–Crippen LogP) is 2.07. The minimum Gasteiger partial charge on any atom is -0.368 e. The van der Waals surface area contributed by atoms with Crippen molar-refractivity contribution in [1.29, 1.82) is 0 Å². The van der Waals surface area contributed by atoms with Gasteiger partial charge in [0, 0.05) is 44.5 Å². The molecule has 1 aromatic carbocycles. The molecule has 2 N–H and O–H groups in total. The van der Waals surface area contributed by atoms with Crippen LogP contribution in [0.15, 0.2) is 29.3 Å². The molecule has 1 aliphatic carbocycles. The quantitative estimate of drug-likeness (QED) is 0.590. The Morgan fingerprint density at radius 1 is 1.21 bits per heavy atom. The van der Waals surface area contributed by atoms with Crippen molar-refractivity contribution in [3.8, 4) is 0 Å². The number of rotatable bonds is 5. The molecule has 0 bridgehead atoms. The summed E-state index contributed by atoms with van der Waals surface area (Å²) >= 11 is 0. The molecule has 28 heavy (non-hydrogen) atoms. The third kappa shape index (κ3) is 5.53. The maximum Gasteiger partial charge on any atom is 0.416 e. The van der Waals surface area contributed by atoms with Crippen molar-refractivity contribution in [3.63, 3.8) is 0 Å². The van der Waals surface area contributed by atoms with Crippen LogP contribution in [0.1, 0.15) is 25.3 Å². The lowest BCUT2D eigenvalue weighted by Crippen LogP contribution is -2.52. The maximum absolute atomic E-state index is 12.9. The number of hydrogen-bond donors (Lipinski definition) is 2. The van der Waals surface area contributed by atoms with Crippen LogP contribution in [0.5, 0.6) is 0 Å². The second kappa shape index (κ2) is 8.70. The highest BCUT2D eigenvalue weighted by Crippen LogP contribution is 2.31.